The monoisotopic (exact) mass is 278 g/mol. The van der Waals surface area contributed by atoms with Crippen LogP contribution < -0.4 is 10.2 Å². The Bertz CT molecular complexity index is 401. The van der Waals surface area contributed by atoms with Crippen LogP contribution in [0.25, 0.3) is 0 Å². The van der Waals surface area contributed by atoms with E-state index >= 15 is 0 Å². The van der Waals surface area contributed by atoms with Crippen LogP contribution in [0.1, 0.15) is 26.3 Å². The highest BCUT2D eigenvalue weighted by Gasteiger charge is 2.13. The molecule has 0 saturated heterocycles. The van der Waals surface area contributed by atoms with E-state index in [1.807, 2.05) is 49.0 Å². The number of anilines is 1. The van der Waals surface area contributed by atoms with Gasteiger partial charge < -0.3 is 15.1 Å². The number of nitrogens with one attached hydrogen (secondary N) is 1. The van der Waals surface area contributed by atoms with Crippen LogP contribution in [0.4, 0.5) is 5.82 Å². The minimum absolute atomic E-state index is 0.135. The fourth-order valence-electron chi connectivity index (χ4n) is 1.98. The summed E-state index contributed by atoms with van der Waals surface area (Å²) in [5, 5.41) is 3.26. The Hall–Kier alpha value is -1.62. The average molecular weight is 278 g/mol. The smallest absolute Gasteiger partial charge is 0.242 e. The quantitative estimate of drug-likeness (QED) is 0.783. The van der Waals surface area contributed by atoms with Gasteiger partial charge in [-0.05, 0) is 32.0 Å². The van der Waals surface area contributed by atoms with Crippen LogP contribution in [0, 0.1) is 0 Å². The number of amides is 1. The van der Waals surface area contributed by atoms with Crippen molar-refractivity contribution in [3.63, 3.8) is 0 Å². The summed E-state index contributed by atoms with van der Waals surface area (Å²) in [6.45, 7) is 9.70. The van der Waals surface area contributed by atoms with Crippen molar-refractivity contribution in [2.75, 3.05) is 38.1 Å². The zero-order valence-electron chi connectivity index (χ0n) is 13.0. The zero-order chi connectivity index (χ0) is 15.0. The van der Waals surface area contributed by atoms with Crippen molar-refractivity contribution < 1.29 is 4.79 Å². The van der Waals surface area contributed by atoms with E-state index in [0.29, 0.717) is 6.54 Å². The molecule has 0 unspecified atom stereocenters. The van der Waals surface area contributed by atoms with Crippen LogP contribution in [0.5, 0.6) is 0 Å². The molecule has 1 aromatic rings. The molecule has 0 fully saturated rings. The molecule has 5 heteroatoms. The molecule has 0 bridgehead atoms. The molecule has 0 aliphatic carbocycles. The van der Waals surface area contributed by atoms with Gasteiger partial charge in [0.15, 0.2) is 0 Å². The first-order valence-corrected chi connectivity index (χ1v) is 7.26. The van der Waals surface area contributed by atoms with Crippen molar-refractivity contribution >= 4 is 11.7 Å². The van der Waals surface area contributed by atoms with Crippen molar-refractivity contribution in [1.29, 1.82) is 0 Å². The molecule has 20 heavy (non-hydrogen) atoms. The maximum Gasteiger partial charge on any atom is 0.242 e. The molecule has 5 nitrogen and oxygen atoms in total. The Morgan fingerprint density at radius 1 is 1.25 bits per heavy atom. The highest BCUT2D eigenvalue weighted by Crippen LogP contribution is 2.09. The molecule has 1 amide bonds. The maximum absolute atomic E-state index is 12.0. The fourth-order valence-corrected chi connectivity index (χ4v) is 1.98. The number of pyridine rings is 1. The van der Waals surface area contributed by atoms with E-state index in [9.17, 15) is 4.79 Å². The van der Waals surface area contributed by atoms with Crippen LogP contribution in [-0.2, 0) is 11.3 Å². The van der Waals surface area contributed by atoms with Crippen molar-refractivity contribution in [3.05, 3.63) is 23.9 Å². The summed E-state index contributed by atoms with van der Waals surface area (Å²) in [7, 11) is 1.90. The van der Waals surface area contributed by atoms with Gasteiger partial charge in [0.2, 0.25) is 5.91 Å². The zero-order valence-corrected chi connectivity index (χ0v) is 13.0. The minimum atomic E-state index is 0.135. The molecule has 0 spiro atoms. The number of hydrogen-bond acceptors (Lipinski definition) is 4. The van der Waals surface area contributed by atoms with Crippen LogP contribution in [0.2, 0.25) is 0 Å². The Labute approximate surface area is 122 Å². The van der Waals surface area contributed by atoms with Gasteiger partial charge in [0.05, 0.1) is 6.54 Å². The van der Waals surface area contributed by atoms with Crippen LogP contribution in [-0.4, -0.2) is 49.0 Å². The SMILES string of the molecule is CCNCc1ccc(N(C)CC(=O)N(CC)CC)nc1. The van der Waals surface area contributed by atoms with E-state index in [-0.39, 0.29) is 5.91 Å². The first-order chi connectivity index (χ1) is 9.62. The van der Waals surface area contributed by atoms with E-state index < -0.39 is 0 Å². The summed E-state index contributed by atoms with van der Waals surface area (Å²) < 4.78 is 0. The number of hydrogen-bond donors (Lipinski definition) is 1. The minimum Gasteiger partial charge on any atom is -0.350 e. The summed E-state index contributed by atoms with van der Waals surface area (Å²) in [5.41, 5.74) is 1.15. The summed E-state index contributed by atoms with van der Waals surface area (Å²) in [6, 6.07) is 4.01. The predicted molar refractivity (Wildman–Crippen MR) is 82.8 cm³/mol. The lowest BCUT2D eigenvalue weighted by Crippen LogP contribution is -2.39. The van der Waals surface area contributed by atoms with Gasteiger partial charge in [0.25, 0.3) is 0 Å². The van der Waals surface area contributed by atoms with Crippen molar-refractivity contribution in [3.8, 4) is 0 Å². The molecule has 112 valence electrons. The Balaban J connectivity index is 2.58. The highest BCUT2D eigenvalue weighted by atomic mass is 16.2. The molecule has 0 aromatic carbocycles. The van der Waals surface area contributed by atoms with Crippen molar-refractivity contribution in [1.82, 2.24) is 15.2 Å². The molecule has 0 radical (unpaired) electrons. The van der Waals surface area contributed by atoms with Crippen LogP contribution >= 0.6 is 0 Å². The lowest BCUT2D eigenvalue weighted by Gasteiger charge is -2.23. The molecular formula is C15H26N4O. The second-order valence-corrected chi connectivity index (χ2v) is 4.73. The van der Waals surface area contributed by atoms with E-state index in [2.05, 4.69) is 17.2 Å². The summed E-state index contributed by atoms with van der Waals surface area (Å²) in [6.07, 6.45) is 1.86. The normalized spacial score (nSPS) is 10.4. The first kappa shape index (κ1) is 16.4. The average Bonchev–Trinajstić information content (AvgIpc) is 2.46. The second-order valence-electron chi connectivity index (χ2n) is 4.73. The second kappa shape index (κ2) is 8.53. The van der Waals surface area contributed by atoms with Gasteiger partial charge in [-0.2, -0.15) is 0 Å². The number of carbonyl (C=O) groups is 1. The third kappa shape index (κ3) is 4.81. The van der Waals surface area contributed by atoms with Crippen LogP contribution in [0.3, 0.4) is 0 Å². The predicted octanol–water partition coefficient (Wildman–Crippen LogP) is 1.50. The topological polar surface area (TPSA) is 48.5 Å². The van der Waals surface area contributed by atoms with Crippen molar-refractivity contribution in [2.45, 2.75) is 27.3 Å². The number of aromatic nitrogens is 1. The number of rotatable bonds is 8. The fraction of sp³-hybridized carbons (Fsp3) is 0.600. The van der Waals surface area contributed by atoms with E-state index in [1.165, 1.54) is 0 Å². The van der Waals surface area contributed by atoms with Crippen LogP contribution in [0.15, 0.2) is 18.3 Å². The number of nitrogens with zero attached hydrogens (tertiary/aromatic N) is 3. The van der Waals surface area contributed by atoms with E-state index in [0.717, 1.165) is 37.6 Å². The van der Waals surface area contributed by atoms with Gasteiger partial charge in [0.1, 0.15) is 5.82 Å². The standard InChI is InChI=1S/C15H26N4O/c1-5-16-10-13-8-9-14(17-11-13)18(4)12-15(20)19(6-2)7-3/h8-9,11,16H,5-7,10,12H2,1-4H3. The lowest BCUT2D eigenvalue weighted by molar-refractivity contribution is -0.129. The first-order valence-electron chi connectivity index (χ1n) is 7.26. The molecule has 1 heterocycles. The molecule has 0 saturated carbocycles. The summed E-state index contributed by atoms with van der Waals surface area (Å²) >= 11 is 0. The highest BCUT2D eigenvalue weighted by molar-refractivity contribution is 5.81. The van der Waals surface area contributed by atoms with Gasteiger partial charge in [-0.1, -0.05) is 13.0 Å². The Morgan fingerprint density at radius 2 is 1.95 bits per heavy atom. The van der Waals surface area contributed by atoms with E-state index in [4.69, 9.17) is 0 Å². The third-order valence-corrected chi connectivity index (χ3v) is 3.27. The molecule has 1 aromatic heterocycles. The number of likely N-dealkylation sites (N-methyl/N-ethyl adjacent to an activating group) is 2. The van der Waals surface area contributed by atoms with Gasteiger partial charge in [-0.25, -0.2) is 4.98 Å². The Kier molecular flexibility index (Phi) is 7.01. The lowest BCUT2D eigenvalue weighted by atomic mass is 10.2. The van der Waals surface area contributed by atoms with Crippen molar-refractivity contribution in [2.24, 2.45) is 0 Å². The summed E-state index contributed by atoms with van der Waals surface area (Å²) in [4.78, 5) is 20.2. The molecule has 1 rings (SSSR count). The maximum atomic E-state index is 12.0. The molecule has 0 aliphatic rings. The van der Waals surface area contributed by atoms with Gasteiger partial charge in [-0.3, -0.25) is 4.79 Å². The summed E-state index contributed by atoms with van der Waals surface area (Å²) in [5.74, 6) is 0.960. The third-order valence-electron chi connectivity index (χ3n) is 3.27. The van der Waals surface area contributed by atoms with E-state index in [1.54, 1.807) is 0 Å². The van der Waals surface area contributed by atoms with Gasteiger partial charge in [0, 0.05) is 32.9 Å². The molecule has 0 atom stereocenters. The molecular weight excluding hydrogens is 252 g/mol. The largest absolute Gasteiger partial charge is 0.350 e. The molecule has 0 aliphatic heterocycles. The van der Waals surface area contributed by atoms with Gasteiger partial charge >= 0.3 is 0 Å². The van der Waals surface area contributed by atoms with Gasteiger partial charge in [-0.15, -0.1) is 0 Å². The number of carbonyl (C=O) groups excluding carboxylic acids is 1. The Morgan fingerprint density at radius 3 is 2.45 bits per heavy atom. The molecule has 1 N–H and O–H groups in total.